The summed E-state index contributed by atoms with van der Waals surface area (Å²) >= 11 is 0. The summed E-state index contributed by atoms with van der Waals surface area (Å²) in [6.45, 7) is 5.74. The maximum Gasteiger partial charge on any atom is 0.321 e. The third-order valence-corrected chi connectivity index (χ3v) is 2.45. The van der Waals surface area contributed by atoms with Gasteiger partial charge in [0.25, 0.3) is 5.91 Å². The first-order chi connectivity index (χ1) is 7.35. The van der Waals surface area contributed by atoms with E-state index in [4.69, 9.17) is 0 Å². The van der Waals surface area contributed by atoms with Gasteiger partial charge in [-0.2, -0.15) is 0 Å². The molecule has 0 aliphatic carbocycles. The number of aromatic nitrogens is 1. The molecule has 0 fully saturated rings. The Hall–Kier alpha value is -1.85. The Morgan fingerprint density at radius 2 is 2.19 bits per heavy atom. The summed E-state index contributed by atoms with van der Waals surface area (Å²) in [5.41, 5.74) is -0.120. The van der Waals surface area contributed by atoms with Crippen molar-refractivity contribution in [1.29, 1.82) is 0 Å². The fraction of sp³-hybridized carbons (Fsp3) is 0.500. The van der Waals surface area contributed by atoms with E-state index in [0.29, 0.717) is 0 Å². The van der Waals surface area contributed by atoms with E-state index in [-0.39, 0.29) is 23.0 Å². The van der Waals surface area contributed by atoms with Gasteiger partial charge in [0, 0.05) is 11.6 Å². The molecule has 0 atom stereocenters. The number of hydrogen-bond acceptors (Lipinski definition) is 3. The van der Waals surface area contributed by atoms with Crippen LogP contribution in [-0.2, 0) is 0 Å². The Morgan fingerprint density at radius 3 is 2.62 bits per heavy atom. The van der Waals surface area contributed by atoms with Crippen LogP contribution in [0.15, 0.2) is 12.1 Å². The number of nitro groups is 1. The third-order valence-electron chi connectivity index (χ3n) is 2.45. The second-order valence-electron chi connectivity index (χ2n) is 4.21. The van der Waals surface area contributed by atoms with E-state index >= 15 is 0 Å². The summed E-state index contributed by atoms with van der Waals surface area (Å²) < 4.78 is 0. The molecule has 1 rings (SSSR count). The molecule has 0 bridgehead atoms. The quantitative estimate of drug-likeness (QED) is 0.605. The number of nitrogens with zero attached hydrogens (tertiary/aromatic N) is 1. The lowest BCUT2D eigenvalue weighted by molar-refractivity contribution is -0.389. The fourth-order valence-electron chi connectivity index (χ4n) is 1.09. The minimum atomic E-state index is -0.568. The second-order valence-corrected chi connectivity index (χ2v) is 4.21. The number of H-pyrrole nitrogens is 1. The first-order valence-electron chi connectivity index (χ1n) is 5.01. The van der Waals surface area contributed by atoms with Crippen molar-refractivity contribution in [2.24, 2.45) is 0 Å². The van der Waals surface area contributed by atoms with Crippen LogP contribution in [0.25, 0.3) is 0 Å². The molecule has 1 aromatic heterocycles. The third kappa shape index (κ3) is 2.82. The molecule has 16 heavy (non-hydrogen) atoms. The maximum atomic E-state index is 11.7. The van der Waals surface area contributed by atoms with Crippen molar-refractivity contribution in [3.8, 4) is 0 Å². The highest BCUT2D eigenvalue weighted by Gasteiger charge is 2.22. The zero-order valence-corrected chi connectivity index (χ0v) is 9.53. The van der Waals surface area contributed by atoms with Gasteiger partial charge in [0.05, 0.1) is 0 Å². The van der Waals surface area contributed by atoms with E-state index in [9.17, 15) is 14.9 Å². The van der Waals surface area contributed by atoms with E-state index in [1.165, 1.54) is 12.1 Å². The lowest BCUT2D eigenvalue weighted by atomic mass is 10.0. The Labute approximate surface area is 93.2 Å². The van der Waals surface area contributed by atoms with Gasteiger partial charge >= 0.3 is 5.82 Å². The maximum absolute atomic E-state index is 11.7. The zero-order valence-electron chi connectivity index (χ0n) is 9.53. The van der Waals surface area contributed by atoms with Gasteiger partial charge in [-0.15, -0.1) is 0 Å². The first-order valence-corrected chi connectivity index (χ1v) is 5.01. The predicted molar refractivity (Wildman–Crippen MR) is 59.3 cm³/mol. The van der Waals surface area contributed by atoms with Gasteiger partial charge in [-0.05, 0) is 31.3 Å². The van der Waals surface area contributed by atoms with E-state index in [1.54, 1.807) is 0 Å². The van der Waals surface area contributed by atoms with Crippen molar-refractivity contribution in [2.75, 3.05) is 0 Å². The molecular formula is C10H15N3O3. The highest BCUT2D eigenvalue weighted by atomic mass is 16.6. The van der Waals surface area contributed by atoms with Gasteiger partial charge in [0.2, 0.25) is 0 Å². The van der Waals surface area contributed by atoms with E-state index in [0.717, 1.165) is 6.42 Å². The van der Waals surface area contributed by atoms with Crippen molar-refractivity contribution in [3.05, 3.63) is 27.9 Å². The molecule has 6 heteroatoms. The molecule has 0 aliphatic rings. The molecule has 88 valence electrons. The molecule has 1 amide bonds. The molecule has 0 aromatic carbocycles. The van der Waals surface area contributed by atoms with Crippen LogP contribution in [0.3, 0.4) is 0 Å². The first kappa shape index (κ1) is 12.2. The van der Waals surface area contributed by atoms with Crippen LogP contribution >= 0.6 is 0 Å². The van der Waals surface area contributed by atoms with Crippen LogP contribution in [0.4, 0.5) is 5.82 Å². The van der Waals surface area contributed by atoms with E-state index < -0.39 is 4.92 Å². The standard InChI is InChI=1S/C10H15N3O3/c1-4-10(2,3)12-9(14)7-5-6-8(11-7)13(15)16/h5-6,11H,4H2,1-3H3,(H,12,14). The summed E-state index contributed by atoms with van der Waals surface area (Å²) in [6, 6.07) is 2.67. The normalized spacial score (nSPS) is 11.2. The molecule has 0 spiro atoms. The molecule has 1 heterocycles. The average molecular weight is 225 g/mol. The Balaban J connectivity index is 2.77. The number of aromatic amines is 1. The minimum absolute atomic E-state index is 0.181. The average Bonchev–Trinajstić information content (AvgIpc) is 2.66. The lowest BCUT2D eigenvalue weighted by Gasteiger charge is -2.23. The van der Waals surface area contributed by atoms with Gasteiger partial charge in [0.15, 0.2) is 5.69 Å². The SMILES string of the molecule is CCC(C)(C)NC(=O)c1ccc([N+](=O)[O-])[nH]1. The monoisotopic (exact) mass is 225 g/mol. The minimum Gasteiger partial charge on any atom is -0.358 e. The van der Waals surface area contributed by atoms with Crippen LogP contribution < -0.4 is 5.32 Å². The van der Waals surface area contributed by atoms with Crippen LogP contribution in [0.1, 0.15) is 37.7 Å². The fourth-order valence-corrected chi connectivity index (χ4v) is 1.09. The molecule has 0 unspecified atom stereocenters. The van der Waals surface area contributed by atoms with E-state index in [1.807, 2.05) is 20.8 Å². The van der Waals surface area contributed by atoms with Crippen molar-refractivity contribution < 1.29 is 9.72 Å². The Morgan fingerprint density at radius 1 is 1.56 bits per heavy atom. The van der Waals surface area contributed by atoms with Crippen molar-refractivity contribution in [1.82, 2.24) is 10.3 Å². The molecule has 6 nitrogen and oxygen atoms in total. The largest absolute Gasteiger partial charge is 0.358 e. The number of hydrogen-bond donors (Lipinski definition) is 2. The van der Waals surface area contributed by atoms with Gasteiger partial charge in [0.1, 0.15) is 0 Å². The summed E-state index contributed by atoms with van der Waals surface area (Å²) in [6.07, 6.45) is 0.779. The van der Waals surface area contributed by atoms with Gasteiger partial charge < -0.3 is 15.4 Å². The van der Waals surface area contributed by atoms with E-state index in [2.05, 4.69) is 10.3 Å². The van der Waals surface area contributed by atoms with Gasteiger partial charge in [-0.3, -0.25) is 4.79 Å². The Bertz CT molecular complexity index is 409. The molecule has 2 N–H and O–H groups in total. The smallest absolute Gasteiger partial charge is 0.321 e. The number of nitrogens with one attached hydrogen (secondary N) is 2. The Kier molecular flexibility index (Phi) is 3.31. The molecule has 0 saturated heterocycles. The summed E-state index contributed by atoms with van der Waals surface area (Å²) in [4.78, 5) is 24.0. The van der Waals surface area contributed by atoms with Gasteiger partial charge in [-0.1, -0.05) is 6.92 Å². The molecule has 0 aliphatic heterocycles. The second kappa shape index (κ2) is 4.34. The summed E-state index contributed by atoms with van der Waals surface area (Å²) in [7, 11) is 0. The molecular weight excluding hydrogens is 210 g/mol. The van der Waals surface area contributed by atoms with Crippen molar-refractivity contribution in [2.45, 2.75) is 32.7 Å². The van der Waals surface area contributed by atoms with Crippen molar-refractivity contribution >= 4 is 11.7 Å². The highest BCUT2D eigenvalue weighted by molar-refractivity contribution is 5.93. The van der Waals surface area contributed by atoms with Crippen molar-refractivity contribution in [3.63, 3.8) is 0 Å². The summed E-state index contributed by atoms with van der Waals surface area (Å²) in [5.74, 6) is -0.514. The number of rotatable bonds is 4. The van der Waals surface area contributed by atoms with Crippen LogP contribution in [-0.4, -0.2) is 21.4 Å². The van der Waals surface area contributed by atoms with Crippen LogP contribution in [0.2, 0.25) is 0 Å². The molecule has 0 radical (unpaired) electrons. The van der Waals surface area contributed by atoms with Crippen LogP contribution in [0, 0.1) is 10.1 Å². The molecule has 1 aromatic rings. The van der Waals surface area contributed by atoms with Gasteiger partial charge in [-0.25, -0.2) is 4.98 Å². The van der Waals surface area contributed by atoms with Crippen LogP contribution in [0.5, 0.6) is 0 Å². The highest BCUT2D eigenvalue weighted by Crippen LogP contribution is 2.12. The zero-order chi connectivity index (χ0) is 12.3. The topological polar surface area (TPSA) is 88.0 Å². The number of carbonyl (C=O) groups is 1. The predicted octanol–water partition coefficient (Wildman–Crippen LogP) is 1.84. The number of amides is 1. The summed E-state index contributed by atoms with van der Waals surface area (Å²) in [5, 5.41) is 13.2. The molecule has 0 saturated carbocycles. The lowest BCUT2D eigenvalue weighted by Crippen LogP contribution is -2.42. The number of carbonyl (C=O) groups excluding carboxylic acids is 1.